The van der Waals surface area contributed by atoms with Crippen LogP contribution in [0.15, 0.2) is 4.52 Å². The number of hydrogen-bond donors (Lipinski definition) is 1. The molecule has 0 aromatic carbocycles. The molecule has 0 spiro atoms. The molecule has 1 amide bonds. The SMILES string of the molecule is CCc1onc(C)c1C(=O)NC[C@H]1CCO[C@@H]1C(C)C. The lowest BCUT2D eigenvalue weighted by Crippen LogP contribution is -2.35. The summed E-state index contributed by atoms with van der Waals surface area (Å²) in [6.45, 7) is 9.50. The second kappa shape index (κ2) is 6.39. The second-order valence-electron chi connectivity index (χ2n) is 5.76. The zero-order chi connectivity index (χ0) is 14.7. The van der Waals surface area contributed by atoms with Crippen molar-refractivity contribution in [1.82, 2.24) is 10.5 Å². The molecule has 1 aromatic heterocycles. The van der Waals surface area contributed by atoms with Crippen molar-refractivity contribution in [3.05, 3.63) is 17.0 Å². The molecule has 0 unspecified atom stereocenters. The first-order valence-electron chi connectivity index (χ1n) is 7.39. The van der Waals surface area contributed by atoms with Crippen LogP contribution < -0.4 is 5.32 Å². The maximum atomic E-state index is 12.3. The number of carbonyl (C=O) groups is 1. The summed E-state index contributed by atoms with van der Waals surface area (Å²) < 4.78 is 10.9. The lowest BCUT2D eigenvalue weighted by atomic mass is 9.93. The van der Waals surface area contributed by atoms with Gasteiger partial charge in [0, 0.05) is 25.5 Å². The molecule has 1 aliphatic heterocycles. The summed E-state index contributed by atoms with van der Waals surface area (Å²) >= 11 is 0. The van der Waals surface area contributed by atoms with Gasteiger partial charge in [0.25, 0.3) is 5.91 Å². The van der Waals surface area contributed by atoms with Crippen LogP contribution in [0.3, 0.4) is 0 Å². The molecule has 5 heteroatoms. The highest BCUT2D eigenvalue weighted by Crippen LogP contribution is 2.26. The summed E-state index contributed by atoms with van der Waals surface area (Å²) in [5.41, 5.74) is 1.25. The molecule has 2 rings (SSSR count). The van der Waals surface area contributed by atoms with Crippen molar-refractivity contribution in [2.45, 2.75) is 46.6 Å². The van der Waals surface area contributed by atoms with Gasteiger partial charge in [-0.05, 0) is 19.3 Å². The van der Waals surface area contributed by atoms with E-state index >= 15 is 0 Å². The first kappa shape index (κ1) is 15.0. The van der Waals surface area contributed by atoms with E-state index in [0.29, 0.717) is 41.8 Å². The van der Waals surface area contributed by atoms with Crippen LogP contribution in [0.1, 0.15) is 49.0 Å². The fourth-order valence-electron chi connectivity index (χ4n) is 2.87. The van der Waals surface area contributed by atoms with E-state index in [1.807, 2.05) is 6.92 Å². The molecule has 0 bridgehead atoms. The normalized spacial score (nSPS) is 22.4. The minimum atomic E-state index is -0.0880. The number of aromatic nitrogens is 1. The third-order valence-corrected chi connectivity index (χ3v) is 3.93. The van der Waals surface area contributed by atoms with E-state index in [2.05, 4.69) is 24.3 Å². The molecule has 5 nitrogen and oxygen atoms in total. The molecular formula is C15H24N2O3. The maximum Gasteiger partial charge on any atom is 0.256 e. The summed E-state index contributed by atoms with van der Waals surface area (Å²) in [4.78, 5) is 12.3. The van der Waals surface area contributed by atoms with E-state index in [4.69, 9.17) is 9.26 Å². The monoisotopic (exact) mass is 280 g/mol. The average Bonchev–Trinajstić information content (AvgIpc) is 3.02. The van der Waals surface area contributed by atoms with Crippen LogP contribution in [0.4, 0.5) is 0 Å². The molecule has 0 saturated carbocycles. The molecule has 2 atom stereocenters. The molecule has 1 aliphatic rings. The molecule has 1 aromatic rings. The van der Waals surface area contributed by atoms with E-state index in [-0.39, 0.29) is 12.0 Å². The molecule has 20 heavy (non-hydrogen) atoms. The minimum Gasteiger partial charge on any atom is -0.378 e. The fourth-order valence-corrected chi connectivity index (χ4v) is 2.87. The predicted molar refractivity (Wildman–Crippen MR) is 75.6 cm³/mol. The quantitative estimate of drug-likeness (QED) is 0.899. The molecular weight excluding hydrogens is 256 g/mol. The van der Waals surface area contributed by atoms with Crippen molar-refractivity contribution in [3.63, 3.8) is 0 Å². The standard InChI is InChI=1S/C15H24N2O3/c1-5-12-13(10(4)17-20-12)15(18)16-8-11-6-7-19-14(11)9(2)3/h9,11,14H,5-8H2,1-4H3,(H,16,18)/t11-,14-/m1/s1. The Morgan fingerprint density at radius 1 is 1.50 bits per heavy atom. The van der Waals surface area contributed by atoms with Gasteiger partial charge in [-0.2, -0.15) is 0 Å². The summed E-state index contributed by atoms with van der Waals surface area (Å²) in [5.74, 6) is 1.44. The van der Waals surface area contributed by atoms with Gasteiger partial charge >= 0.3 is 0 Å². The number of hydrogen-bond acceptors (Lipinski definition) is 4. The Balaban J connectivity index is 1.97. The Morgan fingerprint density at radius 3 is 2.90 bits per heavy atom. The molecule has 1 saturated heterocycles. The Labute approximate surface area is 120 Å². The fraction of sp³-hybridized carbons (Fsp3) is 0.733. The Morgan fingerprint density at radius 2 is 2.25 bits per heavy atom. The molecule has 2 heterocycles. The Bertz CT molecular complexity index is 468. The van der Waals surface area contributed by atoms with Crippen LogP contribution in [0.2, 0.25) is 0 Å². The second-order valence-corrected chi connectivity index (χ2v) is 5.76. The molecule has 0 radical (unpaired) electrons. The zero-order valence-corrected chi connectivity index (χ0v) is 12.7. The first-order chi connectivity index (χ1) is 9.54. The predicted octanol–water partition coefficient (Wildman–Crippen LogP) is 2.34. The smallest absolute Gasteiger partial charge is 0.256 e. The van der Waals surface area contributed by atoms with Crippen molar-refractivity contribution >= 4 is 5.91 Å². The molecule has 1 N–H and O–H groups in total. The van der Waals surface area contributed by atoms with Crippen molar-refractivity contribution in [2.75, 3.05) is 13.2 Å². The van der Waals surface area contributed by atoms with E-state index in [1.54, 1.807) is 6.92 Å². The van der Waals surface area contributed by atoms with Crippen molar-refractivity contribution in [1.29, 1.82) is 0 Å². The summed E-state index contributed by atoms with van der Waals surface area (Å²) in [7, 11) is 0. The van der Waals surface area contributed by atoms with Gasteiger partial charge in [-0.1, -0.05) is 25.9 Å². The number of nitrogens with one attached hydrogen (secondary N) is 1. The van der Waals surface area contributed by atoms with Gasteiger partial charge in [0.15, 0.2) is 0 Å². The Hall–Kier alpha value is -1.36. The van der Waals surface area contributed by atoms with E-state index in [9.17, 15) is 4.79 Å². The maximum absolute atomic E-state index is 12.3. The van der Waals surface area contributed by atoms with Gasteiger partial charge in [0.1, 0.15) is 11.3 Å². The minimum absolute atomic E-state index is 0.0880. The third-order valence-electron chi connectivity index (χ3n) is 3.93. The summed E-state index contributed by atoms with van der Waals surface area (Å²) in [6.07, 6.45) is 1.92. The zero-order valence-electron chi connectivity index (χ0n) is 12.7. The summed E-state index contributed by atoms with van der Waals surface area (Å²) in [5, 5.41) is 6.88. The van der Waals surface area contributed by atoms with Crippen LogP contribution in [0.5, 0.6) is 0 Å². The molecule has 0 aliphatic carbocycles. The largest absolute Gasteiger partial charge is 0.378 e. The Kier molecular flexibility index (Phi) is 4.81. The summed E-state index contributed by atoms with van der Waals surface area (Å²) in [6, 6.07) is 0. The van der Waals surface area contributed by atoms with Crippen molar-refractivity contribution in [2.24, 2.45) is 11.8 Å². The van der Waals surface area contributed by atoms with Gasteiger partial charge in [-0.25, -0.2) is 0 Å². The highest BCUT2D eigenvalue weighted by atomic mass is 16.5. The van der Waals surface area contributed by atoms with Crippen LogP contribution in [-0.4, -0.2) is 30.3 Å². The van der Waals surface area contributed by atoms with E-state index < -0.39 is 0 Å². The highest BCUT2D eigenvalue weighted by molar-refractivity contribution is 5.96. The van der Waals surface area contributed by atoms with Gasteiger partial charge < -0.3 is 14.6 Å². The number of amides is 1. The average molecular weight is 280 g/mol. The number of aryl methyl sites for hydroxylation is 2. The van der Waals surface area contributed by atoms with Crippen LogP contribution >= 0.6 is 0 Å². The molecule has 1 fully saturated rings. The highest BCUT2D eigenvalue weighted by Gasteiger charge is 2.31. The van der Waals surface area contributed by atoms with E-state index in [1.165, 1.54) is 0 Å². The number of nitrogens with zero attached hydrogens (tertiary/aromatic N) is 1. The van der Waals surface area contributed by atoms with Crippen LogP contribution in [-0.2, 0) is 11.2 Å². The van der Waals surface area contributed by atoms with Gasteiger partial charge in [0.05, 0.1) is 11.8 Å². The van der Waals surface area contributed by atoms with Crippen LogP contribution in [0.25, 0.3) is 0 Å². The van der Waals surface area contributed by atoms with Crippen LogP contribution in [0, 0.1) is 18.8 Å². The van der Waals surface area contributed by atoms with E-state index in [0.717, 1.165) is 13.0 Å². The lowest BCUT2D eigenvalue weighted by Gasteiger charge is -2.22. The lowest BCUT2D eigenvalue weighted by molar-refractivity contribution is 0.0533. The van der Waals surface area contributed by atoms with Crippen molar-refractivity contribution in [3.8, 4) is 0 Å². The molecule has 112 valence electrons. The number of ether oxygens (including phenoxy) is 1. The first-order valence-corrected chi connectivity index (χ1v) is 7.39. The van der Waals surface area contributed by atoms with Gasteiger partial charge in [-0.15, -0.1) is 0 Å². The van der Waals surface area contributed by atoms with Crippen molar-refractivity contribution < 1.29 is 14.1 Å². The number of rotatable bonds is 5. The topological polar surface area (TPSA) is 64.4 Å². The van der Waals surface area contributed by atoms with Gasteiger partial charge in [0.2, 0.25) is 0 Å². The van der Waals surface area contributed by atoms with Gasteiger partial charge in [-0.3, -0.25) is 4.79 Å². The third kappa shape index (κ3) is 3.03. The number of carbonyl (C=O) groups excluding carboxylic acids is 1.